The number of benzene rings is 1. The molecule has 1 aromatic carbocycles. The zero-order valence-corrected chi connectivity index (χ0v) is 10.9. The lowest BCUT2D eigenvalue weighted by molar-refractivity contribution is -0.0824. The van der Waals surface area contributed by atoms with Gasteiger partial charge in [0, 0.05) is 7.11 Å². The summed E-state index contributed by atoms with van der Waals surface area (Å²) in [7, 11) is 1.79. The van der Waals surface area contributed by atoms with Crippen molar-refractivity contribution in [1.82, 2.24) is 9.55 Å². The fourth-order valence-electron chi connectivity index (χ4n) is 2.76. The van der Waals surface area contributed by atoms with Gasteiger partial charge in [-0.1, -0.05) is 12.1 Å². The summed E-state index contributed by atoms with van der Waals surface area (Å²) in [6, 6.07) is 6.19. The molecule has 0 atom stereocenters. The fourth-order valence-corrected chi connectivity index (χ4v) is 2.76. The minimum Gasteiger partial charge on any atom is -0.376 e. The van der Waals surface area contributed by atoms with Crippen molar-refractivity contribution in [3.63, 3.8) is 0 Å². The summed E-state index contributed by atoms with van der Waals surface area (Å²) in [5.41, 5.74) is 9.30. The van der Waals surface area contributed by atoms with Crippen molar-refractivity contribution in [2.24, 2.45) is 0 Å². The van der Waals surface area contributed by atoms with Gasteiger partial charge in [0.25, 0.3) is 0 Å². The minimum absolute atomic E-state index is 0.0362. The molecule has 1 aliphatic carbocycles. The van der Waals surface area contributed by atoms with E-state index in [-0.39, 0.29) is 5.60 Å². The number of hydrogen-bond acceptors (Lipinski definition) is 3. The summed E-state index contributed by atoms with van der Waals surface area (Å²) in [6.07, 6.45) is 3.45. The predicted octanol–water partition coefficient (Wildman–Crippen LogP) is 2.50. The first kappa shape index (κ1) is 11.5. The summed E-state index contributed by atoms with van der Waals surface area (Å²) in [6.45, 7) is 2.86. The van der Waals surface area contributed by atoms with E-state index in [2.05, 4.69) is 34.7 Å². The number of imidazole rings is 1. The van der Waals surface area contributed by atoms with Gasteiger partial charge < -0.3 is 15.0 Å². The largest absolute Gasteiger partial charge is 0.376 e. The van der Waals surface area contributed by atoms with E-state index >= 15 is 0 Å². The van der Waals surface area contributed by atoms with Crippen LogP contribution in [0.15, 0.2) is 18.2 Å². The number of aryl methyl sites for hydroxylation is 1. The Morgan fingerprint density at radius 2 is 2.22 bits per heavy atom. The molecule has 2 N–H and O–H groups in total. The first-order valence-electron chi connectivity index (χ1n) is 6.42. The van der Waals surface area contributed by atoms with Crippen LogP contribution in [0.2, 0.25) is 0 Å². The summed E-state index contributed by atoms with van der Waals surface area (Å²) >= 11 is 0. The lowest BCUT2D eigenvalue weighted by Crippen LogP contribution is -2.43. The highest BCUT2D eigenvalue weighted by Crippen LogP contribution is 2.38. The second-order valence-corrected chi connectivity index (χ2v) is 5.24. The van der Waals surface area contributed by atoms with Gasteiger partial charge >= 0.3 is 0 Å². The van der Waals surface area contributed by atoms with Crippen molar-refractivity contribution >= 4 is 17.0 Å². The zero-order chi connectivity index (χ0) is 12.8. The molecule has 0 amide bonds. The van der Waals surface area contributed by atoms with E-state index in [1.165, 1.54) is 6.42 Å². The maximum Gasteiger partial charge on any atom is 0.201 e. The minimum atomic E-state index is -0.0362. The molecule has 0 radical (unpaired) electrons. The molecule has 4 nitrogen and oxygen atoms in total. The molecule has 0 saturated heterocycles. The molecule has 18 heavy (non-hydrogen) atoms. The van der Waals surface area contributed by atoms with Crippen molar-refractivity contribution in [3.05, 3.63) is 23.8 Å². The third-order valence-corrected chi connectivity index (χ3v) is 4.15. The third-order valence-electron chi connectivity index (χ3n) is 4.15. The average molecular weight is 245 g/mol. The van der Waals surface area contributed by atoms with Gasteiger partial charge in [0.05, 0.1) is 23.2 Å². The number of rotatable bonds is 3. The van der Waals surface area contributed by atoms with Gasteiger partial charge in [-0.3, -0.25) is 0 Å². The third kappa shape index (κ3) is 1.60. The average Bonchev–Trinajstić information content (AvgIpc) is 2.62. The lowest BCUT2D eigenvalue weighted by Gasteiger charge is -2.40. The molecular formula is C14H19N3O. The molecule has 0 aliphatic heterocycles. The first-order chi connectivity index (χ1) is 8.65. The van der Waals surface area contributed by atoms with Crippen LogP contribution >= 0.6 is 0 Å². The summed E-state index contributed by atoms with van der Waals surface area (Å²) in [4.78, 5) is 4.47. The number of ether oxygens (including phenoxy) is 1. The monoisotopic (exact) mass is 245 g/mol. The second kappa shape index (κ2) is 3.99. The van der Waals surface area contributed by atoms with Gasteiger partial charge in [-0.15, -0.1) is 0 Å². The molecule has 1 aromatic heterocycles. The number of hydrogen-bond donors (Lipinski definition) is 1. The Bertz CT molecular complexity index is 578. The number of para-hydroxylation sites is 1. The van der Waals surface area contributed by atoms with Crippen LogP contribution < -0.4 is 5.73 Å². The standard InChI is InChI=1S/C14H19N3O/c1-10-5-3-6-11-12(10)16-13(15)17(11)9-14(18-2)7-4-8-14/h3,5-6H,4,7-9H2,1-2H3,(H2,15,16). The number of nitrogens with two attached hydrogens (primary N) is 1. The predicted molar refractivity (Wildman–Crippen MR) is 72.5 cm³/mol. The van der Waals surface area contributed by atoms with E-state index < -0.39 is 0 Å². The highest BCUT2D eigenvalue weighted by atomic mass is 16.5. The Morgan fingerprint density at radius 3 is 2.83 bits per heavy atom. The summed E-state index contributed by atoms with van der Waals surface area (Å²) in [5, 5.41) is 0. The maximum atomic E-state index is 6.06. The highest BCUT2D eigenvalue weighted by molar-refractivity contribution is 5.81. The molecule has 4 heteroatoms. The van der Waals surface area contributed by atoms with Gasteiger partial charge in [0.1, 0.15) is 0 Å². The van der Waals surface area contributed by atoms with E-state index in [4.69, 9.17) is 10.5 Å². The molecule has 3 rings (SSSR count). The Kier molecular flexibility index (Phi) is 2.55. The van der Waals surface area contributed by atoms with Crippen LogP contribution in [0.3, 0.4) is 0 Å². The van der Waals surface area contributed by atoms with Crippen molar-refractivity contribution < 1.29 is 4.74 Å². The van der Waals surface area contributed by atoms with E-state index in [9.17, 15) is 0 Å². The quantitative estimate of drug-likeness (QED) is 0.904. The number of nitrogen functional groups attached to an aromatic ring is 1. The van der Waals surface area contributed by atoms with E-state index in [1.807, 2.05) is 0 Å². The van der Waals surface area contributed by atoms with Crippen LogP contribution in [-0.4, -0.2) is 22.3 Å². The molecule has 0 unspecified atom stereocenters. The van der Waals surface area contributed by atoms with Crippen molar-refractivity contribution in [2.75, 3.05) is 12.8 Å². The Hall–Kier alpha value is -1.55. The molecule has 96 valence electrons. The van der Waals surface area contributed by atoms with E-state index in [0.717, 1.165) is 36.0 Å². The lowest BCUT2D eigenvalue weighted by atomic mass is 9.80. The second-order valence-electron chi connectivity index (χ2n) is 5.24. The van der Waals surface area contributed by atoms with Gasteiger partial charge in [0.2, 0.25) is 5.95 Å². The normalized spacial score (nSPS) is 17.9. The van der Waals surface area contributed by atoms with E-state index in [0.29, 0.717) is 5.95 Å². The first-order valence-corrected chi connectivity index (χ1v) is 6.42. The SMILES string of the molecule is COC1(Cn2c(N)nc3c(C)cccc32)CCC1. The highest BCUT2D eigenvalue weighted by Gasteiger charge is 2.38. The Labute approximate surface area is 107 Å². The van der Waals surface area contributed by atoms with Gasteiger partial charge in [-0.05, 0) is 37.8 Å². The smallest absolute Gasteiger partial charge is 0.201 e. The van der Waals surface area contributed by atoms with Crippen molar-refractivity contribution in [1.29, 1.82) is 0 Å². The van der Waals surface area contributed by atoms with Crippen molar-refractivity contribution in [2.45, 2.75) is 38.3 Å². The van der Waals surface area contributed by atoms with Gasteiger partial charge in [0.15, 0.2) is 0 Å². The number of nitrogens with zero attached hydrogens (tertiary/aromatic N) is 2. The molecule has 1 fully saturated rings. The topological polar surface area (TPSA) is 53.1 Å². The molecular weight excluding hydrogens is 226 g/mol. The fraction of sp³-hybridized carbons (Fsp3) is 0.500. The molecule has 0 bridgehead atoms. The molecule has 2 aromatic rings. The molecule has 1 aliphatic rings. The number of methoxy groups -OCH3 is 1. The Balaban J connectivity index is 2.06. The van der Waals surface area contributed by atoms with Crippen LogP contribution in [0, 0.1) is 6.92 Å². The van der Waals surface area contributed by atoms with Crippen molar-refractivity contribution in [3.8, 4) is 0 Å². The number of fused-ring (bicyclic) bond motifs is 1. The van der Waals surface area contributed by atoms with Gasteiger partial charge in [-0.2, -0.15) is 0 Å². The zero-order valence-electron chi connectivity index (χ0n) is 10.9. The van der Waals surface area contributed by atoms with Crippen LogP contribution in [0.4, 0.5) is 5.95 Å². The van der Waals surface area contributed by atoms with Crippen LogP contribution in [0.5, 0.6) is 0 Å². The number of anilines is 1. The van der Waals surface area contributed by atoms with Crippen LogP contribution in [-0.2, 0) is 11.3 Å². The maximum absolute atomic E-state index is 6.06. The van der Waals surface area contributed by atoms with Gasteiger partial charge in [-0.25, -0.2) is 4.98 Å². The van der Waals surface area contributed by atoms with E-state index in [1.54, 1.807) is 7.11 Å². The summed E-state index contributed by atoms with van der Waals surface area (Å²) < 4.78 is 7.77. The van der Waals surface area contributed by atoms with Crippen LogP contribution in [0.25, 0.3) is 11.0 Å². The Morgan fingerprint density at radius 1 is 1.44 bits per heavy atom. The molecule has 1 saturated carbocycles. The van der Waals surface area contributed by atoms with Crippen LogP contribution in [0.1, 0.15) is 24.8 Å². The number of aromatic nitrogens is 2. The molecule has 1 heterocycles. The summed E-state index contributed by atoms with van der Waals surface area (Å²) in [5.74, 6) is 0.586. The molecule has 0 spiro atoms.